The second-order valence-electron chi connectivity index (χ2n) is 5.81. The maximum atomic E-state index is 12.0. The van der Waals surface area contributed by atoms with Crippen molar-refractivity contribution >= 4 is 11.8 Å². The predicted molar refractivity (Wildman–Crippen MR) is 73.7 cm³/mol. The van der Waals surface area contributed by atoms with Gasteiger partial charge in [-0.2, -0.15) is 0 Å². The van der Waals surface area contributed by atoms with E-state index in [1.807, 2.05) is 13.8 Å². The highest BCUT2D eigenvalue weighted by Crippen LogP contribution is 2.16. The summed E-state index contributed by atoms with van der Waals surface area (Å²) in [5.41, 5.74) is 0. The van der Waals surface area contributed by atoms with E-state index in [9.17, 15) is 9.59 Å². The van der Waals surface area contributed by atoms with Gasteiger partial charge in [0.2, 0.25) is 11.8 Å². The zero-order valence-corrected chi connectivity index (χ0v) is 12.0. The molecule has 2 heterocycles. The summed E-state index contributed by atoms with van der Waals surface area (Å²) in [5, 5.41) is 3.23. The maximum Gasteiger partial charge on any atom is 0.247 e. The van der Waals surface area contributed by atoms with Gasteiger partial charge in [-0.25, -0.2) is 0 Å². The Kier molecular flexibility index (Phi) is 4.93. The first-order chi connectivity index (χ1) is 9.09. The lowest BCUT2D eigenvalue weighted by Crippen LogP contribution is -2.42. The van der Waals surface area contributed by atoms with Crippen LogP contribution >= 0.6 is 0 Å². The average Bonchev–Trinajstić information content (AvgIpc) is 2.93. The van der Waals surface area contributed by atoms with Crippen molar-refractivity contribution < 1.29 is 9.59 Å². The zero-order chi connectivity index (χ0) is 13.8. The molecule has 19 heavy (non-hydrogen) atoms. The second kappa shape index (κ2) is 6.48. The lowest BCUT2D eigenvalue weighted by molar-refractivity contribution is -0.140. The second-order valence-corrected chi connectivity index (χ2v) is 5.81. The van der Waals surface area contributed by atoms with Crippen LogP contribution in [0.3, 0.4) is 0 Å². The highest BCUT2D eigenvalue weighted by molar-refractivity contribution is 6.05. The molecule has 1 unspecified atom stereocenters. The van der Waals surface area contributed by atoms with Crippen molar-refractivity contribution in [2.24, 2.45) is 0 Å². The normalized spacial score (nSPS) is 25.0. The van der Waals surface area contributed by atoms with Crippen molar-refractivity contribution in [3.05, 3.63) is 0 Å². The first-order valence-corrected chi connectivity index (χ1v) is 7.41. The molecule has 0 aromatic heterocycles. The van der Waals surface area contributed by atoms with Crippen molar-refractivity contribution in [3.63, 3.8) is 0 Å². The standard InChI is InChI=1S/C14H25N3O2/c1-11(2)17-13(18)10-12(14(17)19)15-6-5-9-16-7-3-4-8-16/h11-12,15H,3-10H2,1-2H3. The summed E-state index contributed by atoms with van der Waals surface area (Å²) in [7, 11) is 0. The maximum absolute atomic E-state index is 12.0. The molecule has 2 amide bonds. The van der Waals surface area contributed by atoms with Crippen LogP contribution in [-0.2, 0) is 9.59 Å². The molecule has 2 aliphatic heterocycles. The van der Waals surface area contributed by atoms with Crippen molar-refractivity contribution in [2.45, 2.75) is 51.6 Å². The lowest BCUT2D eigenvalue weighted by Gasteiger charge is -2.19. The van der Waals surface area contributed by atoms with E-state index < -0.39 is 0 Å². The fourth-order valence-electron chi connectivity index (χ4n) is 2.94. The van der Waals surface area contributed by atoms with Gasteiger partial charge in [0.1, 0.15) is 0 Å². The molecule has 0 bridgehead atoms. The van der Waals surface area contributed by atoms with Gasteiger partial charge in [0.15, 0.2) is 0 Å². The zero-order valence-electron chi connectivity index (χ0n) is 12.0. The fourth-order valence-corrected chi connectivity index (χ4v) is 2.94. The van der Waals surface area contributed by atoms with E-state index >= 15 is 0 Å². The number of likely N-dealkylation sites (tertiary alicyclic amines) is 2. The van der Waals surface area contributed by atoms with Crippen molar-refractivity contribution in [1.82, 2.24) is 15.1 Å². The van der Waals surface area contributed by atoms with Crippen molar-refractivity contribution in [2.75, 3.05) is 26.2 Å². The Balaban J connectivity index is 1.68. The van der Waals surface area contributed by atoms with Gasteiger partial charge in [-0.15, -0.1) is 0 Å². The van der Waals surface area contributed by atoms with Gasteiger partial charge in [0.25, 0.3) is 0 Å². The Hall–Kier alpha value is -0.940. The third-order valence-corrected chi connectivity index (χ3v) is 3.94. The van der Waals surface area contributed by atoms with Crippen LogP contribution in [0.5, 0.6) is 0 Å². The first-order valence-electron chi connectivity index (χ1n) is 7.41. The molecule has 1 atom stereocenters. The Morgan fingerprint density at radius 2 is 1.95 bits per heavy atom. The Morgan fingerprint density at radius 3 is 2.53 bits per heavy atom. The molecule has 0 aliphatic carbocycles. The van der Waals surface area contributed by atoms with E-state index in [-0.39, 0.29) is 23.9 Å². The number of amides is 2. The van der Waals surface area contributed by atoms with Gasteiger partial charge in [-0.1, -0.05) is 0 Å². The first kappa shape index (κ1) is 14.5. The van der Waals surface area contributed by atoms with Gasteiger partial charge in [-0.05, 0) is 59.3 Å². The smallest absolute Gasteiger partial charge is 0.247 e. The Bertz CT molecular complexity index is 338. The van der Waals surface area contributed by atoms with Crippen LogP contribution in [0.25, 0.3) is 0 Å². The SMILES string of the molecule is CC(C)N1C(=O)CC(NCCCN2CCCC2)C1=O. The summed E-state index contributed by atoms with van der Waals surface area (Å²) in [6, 6.07) is -0.329. The number of nitrogens with one attached hydrogen (secondary N) is 1. The highest BCUT2D eigenvalue weighted by Gasteiger charge is 2.39. The predicted octanol–water partition coefficient (Wildman–Crippen LogP) is 0.598. The van der Waals surface area contributed by atoms with E-state index in [1.54, 1.807) is 0 Å². The molecule has 2 saturated heterocycles. The number of hydrogen-bond donors (Lipinski definition) is 1. The topological polar surface area (TPSA) is 52.7 Å². The van der Waals surface area contributed by atoms with Crippen LogP contribution in [0, 0.1) is 0 Å². The van der Waals surface area contributed by atoms with Gasteiger partial charge in [-0.3, -0.25) is 14.5 Å². The lowest BCUT2D eigenvalue weighted by atomic mass is 10.2. The van der Waals surface area contributed by atoms with Gasteiger partial charge in [0, 0.05) is 6.04 Å². The molecule has 0 aromatic carbocycles. The number of rotatable bonds is 6. The Labute approximate surface area is 115 Å². The van der Waals surface area contributed by atoms with E-state index in [0.717, 1.165) is 19.5 Å². The molecule has 5 nitrogen and oxygen atoms in total. The minimum atomic E-state index is -0.298. The molecule has 0 spiro atoms. The summed E-state index contributed by atoms with van der Waals surface area (Å²) in [4.78, 5) is 27.6. The highest BCUT2D eigenvalue weighted by atomic mass is 16.2. The molecule has 2 rings (SSSR count). The van der Waals surface area contributed by atoms with E-state index in [4.69, 9.17) is 0 Å². The molecule has 0 saturated carbocycles. The molecule has 5 heteroatoms. The monoisotopic (exact) mass is 267 g/mol. The summed E-state index contributed by atoms with van der Waals surface area (Å²) < 4.78 is 0. The minimum Gasteiger partial charge on any atom is -0.305 e. The number of nitrogens with zero attached hydrogens (tertiary/aromatic N) is 2. The summed E-state index contributed by atoms with van der Waals surface area (Å²) in [6.07, 6.45) is 3.99. The van der Waals surface area contributed by atoms with Crippen molar-refractivity contribution in [3.8, 4) is 0 Å². The van der Waals surface area contributed by atoms with Crippen molar-refractivity contribution in [1.29, 1.82) is 0 Å². The molecular formula is C14H25N3O2. The van der Waals surface area contributed by atoms with Crippen LogP contribution in [-0.4, -0.2) is 59.9 Å². The summed E-state index contributed by atoms with van der Waals surface area (Å²) in [5.74, 6) is -0.0989. The Morgan fingerprint density at radius 1 is 1.26 bits per heavy atom. The third kappa shape index (κ3) is 3.54. The minimum absolute atomic E-state index is 0.0311. The molecule has 2 aliphatic rings. The summed E-state index contributed by atoms with van der Waals surface area (Å²) >= 11 is 0. The number of carbonyl (C=O) groups is 2. The number of imide groups is 1. The quantitative estimate of drug-likeness (QED) is 0.565. The van der Waals surface area contributed by atoms with Gasteiger partial charge < -0.3 is 10.2 Å². The summed E-state index contributed by atoms with van der Waals surface area (Å²) in [6.45, 7) is 8.09. The van der Waals surface area contributed by atoms with E-state index in [2.05, 4.69) is 10.2 Å². The van der Waals surface area contributed by atoms with E-state index in [0.29, 0.717) is 6.42 Å². The average molecular weight is 267 g/mol. The van der Waals surface area contributed by atoms with Crippen LogP contribution in [0.1, 0.15) is 39.5 Å². The van der Waals surface area contributed by atoms with Gasteiger partial charge in [0.05, 0.1) is 12.5 Å². The number of carbonyl (C=O) groups excluding carboxylic acids is 2. The van der Waals surface area contributed by atoms with Crippen LogP contribution in [0.15, 0.2) is 0 Å². The largest absolute Gasteiger partial charge is 0.305 e. The molecule has 0 radical (unpaired) electrons. The molecule has 1 N–H and O–H groups in total. The fraction of sp³-hybridized carbons (Fsp3) is 0.857. The van der Waals surface area contributed by atoms with Crippen LogP contribution in [0.2, 0.25) is 0 Å². The molecule has 0 aromatic rings. The van der Waals surface area contributed by atoms with E-state index in [1.165, 1.54) is 30.8 Å². The van der Waals surface area contributed by atoms with Gasteiger partial charge >= 0.3 is 0 Å². The molecule has 2 fully saturated rings. The molecule has 108 valence electrons. The number of hydrogen-bond acceptors (Lipinski definition) is 4. The third-order valence-electron chi connectivity index (χ3n) is 3.94. The van der Waals surface area contributed by atoms with Crippen LogP contribution in [0.4, 0.5) is 0 Å². The van der Waals surface area contributed by atoms with Crippen LogP contribution < -0.4 is 5.32 Å². The molecular weight excluding hydrogens is 242 g/mol.